The Morgan fingerprint density at radius 2 is 1.85 bits per heavy atom. The summed E-state index contributed by atoms with van der Waals surface area (Å²) in [5.41, 5.74) is 0. The second-order valence-corrected chi connectivity index (χ2v) is 3.89. The molecule has 2 bridgehead atoms. The highest BCUT2D eigenvalue weighted by atomic mass is 19.4. The number of halogens is 4. The minimum Gasteiger partial charge on any atom is -0.237 e. The molecule has 4 unspecified atom stereocenters. The van der Waals surface area contributed by atoms with E-state index in [9.17, 15) is 17.6 Å². The van der Waals surface area contributed by atoms with E-state index in [0.717, 1.165) is 0 Å². The van der Waals surface area contributed by atoms with E-state index in [0.29, 0.717) is 12.8 Å². The molecule has 0 amide bonds. The zero-order valence-electron chi connectivity index (χ0n) is 6.89. The first-order valence-electron chi connectivity index (χ1n) is 4.37. The quantitative estimate of drug-likeness (QED) is 0.444. The number of rotatable bonds is 1. The molecule has 0 nitrogen and oxygen atoms in total. The Morgan fingerprint density at radius 3 is 2.23 bits per heavy atom. The van der Waals surface area contributed by atoms with Gasteiger partial charge in [-0.05, 0) is 24.7 Å². The summed E-state index contributed by atoms with van der Waals surface area (Å²) in [4.78, 5) is 0. The Kier molecular flexibility index (Phi) is 1.89. The van der Waals surface area contributed by atoms with Gasteiger partial charge in [0.1, 0.15) is 0 Å². The van der Waals surface area contributed by atoms with Crippen molar-refractivity contribution >= 4 is 0 Å². The fourth-order valence-electron chi connectivity index (χ4n) is 2.40. The third kappa shape index (κ3) is 1.46. The number of fused-ring (bicyclic) bond motifs is 2. The standard InChI is InChI=1S/C9H10F4/c10-8(9(11,12)13)7-4-5-1-2-6(7)3-5/h1-2,5-8H,3-4H2. The van der Waals surface area contributed by atoms with Crippen molar-refractivity contribution in [2.24, 2.45) is 17.8 Å². The monoisotopic (exact) mass is 194 g/mol. The minimum atomic E-state index is -4.68. The predicted molar refractivity (Wildman–Crippen MR) is 39.8 cm³/mol. The summed E-state index contributed by atoms with van der Waals surface area (Å²) in [7, 11) is 0. The van der Waals surface area contributed by atoms with Gasteiger partial charge in [-0.25, -0.2) is 4.39 Å². The number of hydrogen-bond donors (Lipinski definition) is 0. The maximum absolute atomic E-state index is 12.9. The van der Waals surface area contributed by atoms with Crippen LogP contribution in [-0.2, 0) is 0 Å². The van der Waals surface area contributed by atoms with E-state index in [1.807, 2.05) is 6.08 Å². The average molecular weight is 194 g/mol. The number of alkyl halides is 4. The van der Waals surface area contributed by atoms with Crippen LogP contribution in [-0.4, -0.2) is 12.3 Å². The van der Waals surface area contributed by atoms with Gasteiger partial charge in [0.2, 0.25) is 0 Å². The molecular weight excluding hydrogens is 184 g/mol. The lowest BCUT2D eigenvalue weighted by Gasteiger charge is -2.23. The Hall–Kier alpha value is -0.540. The molecule has 0 saturated heterocycles. The van der Waals surface area contributed by atoms with E-state index >= 15 is 0 Å². The lowest BCUT2D eigenvalue weighted by atomic mass is 9.89. The number of allylic oxidation sites excluding steroid dienone is 2. The van der Waals surface area contributed by atoms with E-state index in [-0.39, 0.29) is 11.8 Å². The van der Waals surface area contributed by atoms with Crippen molar-refractivity contribution in [1.29, 1.82) is 0 Å². The van der Waals surface area contributed by atoms with Gasteiger partial charge in [-0.1, -0.05) is 12.2 Å². The second-order valence-electron chi connectivity index (χ2n) is 3.89. The topological polar surface area (TPSA) is 0 Å². The number of hydrogen-bond acceptors (Lipinski definition) is 0. The van der Waals surface area contributed by atoms with E-state index < -0.39 is 18.3 Å². The molecule has 2 rings (SSSR count). The molecule has 0 heterocycles. The van der Waals surface area contributed by atoms with Crippen molar-refractivity contribution in [3.8, 4) is 0 Å². The van der Waals surface area contributed by atoms with Crippen LogP contribution in [0.5, 0.6) is 0 Å². The zero-order valence-corrected chi connectivity index (χ0v) is 6.89. The Morgan fingerprint density at radius 1 is 1.15 bits per heavy atom. The zero-order chi connectivity index (χ0) is 9.64. The molecule has 0 N–H and O–H groups in total. The van der Waals surface area contributed by atoms with Crippen molar-refractivity contribution < 1.29 is 17.6 Å². The molecule has 0 aromatic carbocycles. The van der Waals surface area contributed by atoms with Crippen LogP contribution in [0.15, 0.2) is 12.2 Å². The first-order chi connectivity index (χ1) is 5.98. The Balaban J connectivity index is 2.07. The summed E-state index contributed by atoms with van der Waals surface area (Å²) in [5, 5.41) is 0. The largest absolute Gasteiger partial charge is 0.419 e. The molecule has 4 heteroatoms. The summed E-state index contributed by atoms with van der Waals surface area (Å²) in [6.07, 6.45) is -2.60. The molecule has 0 spiro atoms. The van der Waals surface area contributed by atoms with Gasteiger partial charge in [0, 0.05) is 5.92 Å². The Labute approximate surface area is 73.6 Å². The van der Waals surface area contributed by atoms with Gasteiger partial charge in [0.15, 0.2) is 6.17 Å². The van der Waals surface area contributed by atoms with Crippen LogP contribution in [0.3, 0.4) is 0 Å². The van der Waals surface area contributed by atoms with Gasteiger partial charge >= 0.3 is 6.18 Å². The van der Waals surface area contributed by atoms with Crippen molar-refractivity contribution in [3.05, 3.63) is 12.2 Å². The van der Waals surface area contributed by atoms with Crippen molar-refractivity contribution in [2.45, 2.75) is 25.2 Å². The maximum Gasteiger partial charge on any atom is 0.419 e. The Bertz CT molecular complexity index is 230. The fraction of sp³-hybridized carbons (Fsp3) is 0.778. The van der Waals surface area contributed by atoms with Crippen LogP contribution in [0.4, 0.5) is 17.6 Å². The van der Waals surface area contributed by atoms with E-state index in [4.69, 9.17) is 0 Å². The van der Waals surface area contributed by atoms with Crippen LogP contribution in [0.2, 0.25) is 0 Å². The van der Waals surface area contributed by atoms with Gasteiger partial charge in [0.25, 0.3) is 0 Å². The molecule has 74 valence electrons. The molecule has 1 saturated carbocycles. The predicted octanol–water partition coefficient (Wildman–Crippen LogP) is 3.10. The van der Waals surface area contributed by atoms with E-state index in [1.54, 1.807) is 6.08 Å². The van der Waals surface area contributed by atoms with Gasteiger partial charge in [0.05, 0.1) is 0 Å². The normalized spacial score (nSPS) is 39.8. The molecular formula is C9H10F4. The summed E-state index contributed by atoms with van der Waals surface area (Å²) in [6, 6.07) is 0. The van der Waals surface area contributed by atoms with Crippen LogP contribution >= 0.6 is 0 Å². The lowest BCUT2D eigenvalue weighted by molar-refractivity contribution is -0.196. The third-order valence-corrected chi connectivity index (χ3v) is 3.02. The van der Waals surface area contributed by atoms with Crippen molar-refractivity contribution in [3.63, 3.8) is 0 Å². The fourth-order valence-corrected chi connectivity index (χ4v) is 2.40. The van der Waals surface area contributed by atoms with Crippen molar-refractivity contribution in [1.82, 2.24) is 0 Å². The average Bonchev–Trinajstić information content (AvgIpc) is 2.60. The van der Waals surface area contributed by atoms with Crippen LogP contribution in [0, 0.1) is 17.8 Å². The third-order valence-electron chi connectivity index (χ3n) is 3.02. The summed E-state index contributed by atoms with van der Waals surface area (Å²) >= 11 is 0. The summed E-state index contributed by atoms with van der Waals surface area (Å²) < 4.78 is 49.0. The van der Waals surface area contributed by atoms with Gasteiger partial charge in [-0.15, -0.1) is 0 Å². The molecule has 2 aliphatic carbocycles. The van der Waals surface area contributed by atoms with Gasteiger partial charge in [-0.2, -0.15) is 13.2 Å². The summed E-state index contributed by atoms with van der Waals surface area (Å²) in [5.74, 6) is -0.813. The molecule has 0 aromatic rings. The highest BCUT2D eigenvalue weighted by Gasteiger charge is 2.51. The highest BCUT2D eigenvalue weighted by molar-refractivity contribution is 5.11. The molecule has 13 heavy (non-hydrogen) atoms. The molecule has 0 radical (unpaired) electrons. The van der Waals surface area contributed by atoms with Crippen LogP contribution in [0.25, 0.3) is 0 Å². The second kappa shape index (κ2) is 2.72. The first-order valence-corrected chi connectivity index (χ1v) is 4.37. The molecule has 0 aromatic heterocycles. The minimum absolute atomic E-state index is 0.179. The first kappa shape index (κ1) is 9.03. The molecule has 2 aliphatic rings. The van der Waals surface area contributed by atoms with Crippen molar-refractivity contribution in [2.75, 3.05) is 0 Å². The molecule has 1 fully saturated rings. The molecule has 0 aliphatic heterocycles. The maximum atomic E-state index is 12.9. The van der Waals surface area contributed by atoms with Gasteiger partial charge in [-0.3, -0.25) is 0 Å². The summed E-state index contributed by atoms with van der Waals surface area (Å²) in [6.45, 7) is 0. The SMILES string of the molecule is FC(C1CC2C=CC1C2)C(F)(F)F. The smallest absolute Gasteiger partial charge is 0.237 e. The van der Waals surface area contributed by atoms with Crippen LogP contribution in [0.1, 0.15) is 12.8 Å². The van der Waals surface area contributed by atoms with Crippen LogP contribution < -0.4 is 0 Å². The highest BCUT2D eigenvalue weighted by Crippen LogP contribution is 2.48. The van der Waals surface area contributed by atoms with Gasteiger partial charge < -0.3 is 0 Å². The lowest BCUT2D eigenvalue weighted by Crippen LogP contribution is -2.34. The van der Waals surface area contributed by atoms with E-state index in [1.165, 1.54) is 0 Å². The molecule has 4 atom stereocenters. The van der Waals surface area contributed by atoms with E-state index in [2.05, 4.69) is 0 Å².